The van der Waals surface area contributed by atoms with Crippen LogP contribution in [0.1, 0.15) is 23.2 Å². The van der Waals surface area contributed by atoms with Crippen molar-refractivity contribution in [3.63, 3.8) is 0 Å². The number of carbonyl (C=O) groups excluding carboxylic acids is 3. The maximum absolute atomic E-state index is 12.1. The van der Waals surface area contributed by atoms with Crippen LogP contribution >= 0.6 is 11.6 Å². The lowest BCUT2D eigenvalue weighted by atomic mass is 10.2. The Kier molecular flexibility index (Phi) is 6.49. The highest BCUT2D eigenvalue weighted by Crippen LogP contribution is 2.28. The predicted molar refractivity (Wildman–Crippen MR) is 109 cm³/mol. The van der Waals surface area contributed by atoms with Gasteiger partial charge in [0.05, 0.1) is 0 Å². The van der Waals surface area contributed by atoms with Crippen molar-refractivity contribution in [2.24, 2.45) is 5.92 Å². The molecule has 0 radical (unpaired) electrons. The molecule has 0 aromatic heterocycles. The average molecular weight is 401 g/mol. The van der Waals surface area contributed by atoms with Crippen LogP contribution in [0.4, 0.5) is 16.2 Å². The average Bonchev–Trinajstić information content (AvgIpc) is 3.50. The summed E-state index contributed by atoms with van der Waals surface area (Å²) in [7, 11) is 0. The molecule has 0 spiro atoms. The fraction of sp³-hybridized carbons (Fsp3) is 0.250. The van der Waals surface area contributed by atoms with Gasteiger partial charge in [-0.3, -0.25) is 9.59 Å². The van der Waals surface area contributed by atoms with Crippen LogP contribution in [-0.2, 0) is 4.79 Å². The van der Waals surface area contributed by atoms with Gasteiger partial charge in [-0.05, 0) is 55.3 Å². The van der Waals surface area contributed by atoms with E-state index in [-0.39, 0.29) is 17.7 Å². The van der Waals surface area contributed by atoms with E-state index in [2.05, 4.69) is 21.3 Å². The normalized spacial score (nSPS) is 12.8. The smallest absolute Gasteiger partial charge is 0.323 e. The first kappa shape index (κ1) is 19.7. The van der Waals surface area contributed by atoms with Crippen LogP contribution in [0.25, 0.3) is 0 Å². The van der Waals surface area contributed by atoms with Crippen LogP contribution in [0, 0.1) is 5.92 Å². The van der Waals surface area contributed by atoms with Crippen LogP contribution in [0.5, 0.6) is 0 Å². The molecule has 1 aliphatic carbocycles. The second-order valence-electron chi connectivity index (χ2n) is 6.49. The van der Waals surface area contributed by atoms with E-state index in [9.17, 15) is 14.4 Å². The fourth-order valence-electron chi connectivity index (χ4n) is 2.52. The number of urea groups is 1. The Balaban J connectivity index is 1.42. The Morgan fingerprint density at radius 3 is 2.25 bits per heavy atom. The standard InChI is InChI=1S/C20H21ClN4O3/c21-15-2-1-3-17(12-15)25-20(28)24-16-8-6-14(7-9-16)19(27)23-11-10-22-18(26)13-4-5-13/h1-3,6-9,12-13H,4-5,10-11H2,(H,22,26)(H,23,27)(H2,24,25,28). The molecule has 0 atom stereocenters. The molecule has 2 aromatic rings. The van der Waals surface area contributed by atoms with Crippen molar-refractivity contribution in [2.45, 2.75) is 12.8 Å². The summed E-state index contributed by atoms with van der Waals surface area (Å²) in [4.78, 5) is 35.6. The highest BCUT2D eigenvalue weighted by Gasteiger charge is 2.28. The fourth-order valence-corrected chi connectivity index (χ4v) is 2.71. The van der Waals surface area contributed by atoms with Gasteiger partial charge in [0.25, 0.3) is 5.91 Å². The molecule has 0 aliphatic heterocycles. The zero-order valence-electron chi connectivity index (χ0n) is 15.1. The van der Waals surface area contributed by atoms with Crippen molar-refractivity contribution in [3.05, 3.63) is 59.1 Å². The number of hydrogen-bond acceptors (Lipinski definition) is 3. The van der Waals surface area contributed by atoms with Crippen molar-refractivity contribution < 1.29 is 14.4 Å². The maximum atomic E-state index is 12.1. The van der Waals surface area contributed by atoms with Crippen LogP contribution in [0.2, 0.25) is 5.02 Å². The number of rotatable bonds is 7. The molecular weight excluding hydrogens is 380 g/mol. The molecule has 0 bridgehead atoms. The topological polar surface area (TPSA) is 99.3 Å². The van der Waals surface area contributed by atoms with Crippen molar-refractivity contribution >= 4 is 40.8 Å². The van der Waals surface area contributed by atoms with Gasteiger partial charge in [0.2, 0.25) is 5.91 Å². The lowest BCUT2D eigenvalue weighted by Gasteiger charge is -2.09. The molecule has 1 saturated carbocycles. The first-order valence-corrected chi connectivity index (χ1v) is 9.38. The zero-order chi connectivity index (χ0) is 19.9. The van der Waals surface area contributed by atoms with E-state index >= 15 is 0 Å². The van der Waals surface area contributed by atoms with Crippen LogP contribution < -0.4 is 21.3 Å². The number of benzene rings is 2. The van der Waals surface area contributed by atoms with E-state index in [4.69, 9.17) is 11.6 Å². The second kappa shape index (κ2) is 9.23. The van der Waals surface area contributed by atoms with Crippen molar-refractivity contribution in [1.82, 2.24) is 10.6 Å². The molecule has 0 heterocycles. The van der Waals surface area contributed by atoms with Gasteiger partial charge in [0, 0.05) is 41.0 Å². The van der Waals surface area contributed by atoms with Gasteiger partial charge in [0.1, 0.15) is 0 Å². The minimum Gasteiger partial charge on any atom is -0.354 e. The van der Waals surface area contributed by atoms with Gasteiger partial charge >= 0.3 is 6.03 Å². The molecule has 0 unspecified atom stereocenters. The SMILES string of the molecule is O=C(Nc1ccc(C(=O)NCCNC(=O)C2CC2)cc1)Nc1cccc(Cl)c1. The van der Waals surface area contributed by atoms with E-state index in [0.717, 1.165) is 12.8 Å². The molecule has 8 heteroatoms. The number of amides is 4. The summed E-state index contributed by atoms with van der Waals surface area (Å²) in [5.41, 5.74) is 1.59. The largest absolute Gasteiger partial charge is 0.354 e. The minimum atomic E-state index is -0.411. The van der Waals surface area contributed by atoms with E-state index in [0.29, 0.717) is 35.1 Å². The summed E-state index contributed by atoms with van der Waals surface area (Å²) in [6.07, 6.45) is 1.91. The molecular formula is C20H21ClN4O3. The third-order valence-electron chi connectivity index (χ3n) is 4.15. The quantitative estimate of drug-likeness (QED) is 0.537. The van der Waals surface area contributed by atoms with Gasteiger partial charge in [-0.25, -0.2) is 4.79 Å². The summed E-state index contributed by atoms with van der Waals surface area (Å²) in [5, 5.41) is 11.4. The second-order valence-corrected chi connectivity index (χ2v) is 6.92. The molecule has 2 aromatic carbocycles. The molecule has 7 nitrogen and oxygen atoms in total. The van der Waals surface area contributed by atoms with E-state index in [1.54, 1.807) is 48.5 Å². The van der Waals surface area contributed by atoms with Crippen LogP contribution in [0.15, 0.2) is 48.5 Å². The third-order valence-corrected chi connectivity index (χ3v) is 4.38. The Bertz CT molecular complexity index is 866. The lowest BCUT2D eigenvalue weighted by Crippen LogP contribution is -2.35. The molecule has 1 aliphatic rings. The molecule has 28 heavy (non-hydrogen) atoms. The van der Waals surface area contributed by atoms with Crippen molar-refractivity contribution in [1.29, 1.82) is 0 Å². The Morgan fingerprint density at radius 2 is 1.57 bits per heavy atom. The molecule has 3 rings (SSSR count). The summed E-state index contributed by atoms with van der Waals surface area (Å²) in [6, 6.07) is 12.9. The molecule has 146 valence electrons. The van der Waals surface area contributed by atoms with Crippen LogP contribution in [-0.4, -0.2) is 30.9 Å². The van der Waals surface area contributed by atoms with E-state index in [1.807, 2.05) is 0 Å². The number of nitrogens with one attached hydrogen (secondary N) is 4. The number of hydrogen-bond donors (Lipinski definition) is 4. The molecule has 0 saturated heterocycles. The zero-order valence-corrected chi connectivity index (χ0v) is 15.9. The van der Waals surface area contributed by atoms with Gasteiger partial charge in [-0.1, -0.05) is 17.7 Å². The number of anilines is 2. The summed E-state index contributed by atoms with van der Waals surface area (Å²) < 4.78 is 0. The monoisotopic (exact) mass is 400 g/mol. The first-order chi connectivity index (χ1) is 13.5. The van der Waals surface area contributed by atoms with Crippen molar-refractivity contribution in [3.8, 4) is 0 Å². The van der Waals surface area contributed by atoms with Crippen molar-refractivity contribution in [2.75, 3.05) is 23.7 Å². The summed E-state index contributed by atoms with van der Waals surface area (Å²) in [5.74, 6) is -0.0249. The predicted octanol–water partition coefficient (Wildman–Crippen LogP) is 3.24. The summed E-state index contributed by atoms with van der Waals surface area (Å²) >= 11 is 5.88. The Hall–Kier alpha value is -3.06. The lowest BCUT2D eigenvalue weighted by molar-refractivity contribution is -0.122. The van der Waals surface area contributed by atoms with Gasteiger partial charge < -0.3 is 21.3 Å². The number of halogens is 1. The highest BCUT2D eigenvalue weighted by molar-refractivity contribution is 6.30. The van der Waals surface area contributed by atoms with E-state index in [1.165, 1.54) is 0 Å². The maximum Gasteiger partial charge on any atom is 0.323 e. The van der Waals surface area contributed by atoms with Gasteiger partial charge in [-0.2, -0.15) is 0 Å². The molecule has 4 amide bonds. The van der Waals surface area contributed by atoms with Crippen LogP contribution in [0.3, 0.4) is 0 Å². The van der Waals surface area contributed by atoms with Gasteiger partial charge in [0.15, 0.2) is 0 Å². The van der Waals surface area contributed by atoms with E-state index < -0.39 is 6.03 Å². The minimum absolute atomic E-state index is 0.0562. The Morgan fingerprint density at radius 1 is 0.893 bits per heavy atom. The first-order valence-electron chi connectivity index (χ1n) is 9.01. The highest BCUT2D eigenvalue weighted by atomic mass is 35.5. The third kappa shape index (κ3) is 5.99. The summed E-state index contributed by atoms with van der Waals surface area (Å²) in [6.45, 7) is 0.768. The number of carbonyl (C=O) groups is 3. The Labute approximate surface area is 167 Å². The molecule has 1 fully saturated rings. The molecule has 4 N–H and O–H groups in total. The van der Waals surface area contributed by atoms with Gasteiger partial charge in [-0.15, -0.1) is 0 Å².